The zero-order valence-corrected chi connectivity index (χ0v) is 17.0. The van der Waals surface area contributed by atoms with Crippen molar-refractivity contribution in [2.24, 2.45) is 0 Å². The van der Waals surface area contributed by atoms with E-state index in [1.54, 1.807) is 24.3 Å². The van der Waals surface area contributed by atoms with E-state index >= 15 is 0 Å². The van der Waals surface area contributed by atoms with E-state index in [2.05, 4.69) is 14.9 Å². The highest BCUT2D eigenvalue weighted by Crippen LogP contribution is 2.16. The monoisotopic (exact) mass is 425 g/mol. The first kappa shape index (κ1) is 22.2. The van der Waals surface area contributed by atoms with Crippen LogP contribution in [0.3, 0.4) is 0 Å². The Morgan fingerprint density at radius 2 is 1.64 bits per heavy atom. The van der Waals surface area contributed by atoms with Gasteiger partial charge >= 0.3 is 0 Å². The summed E-state index contributed by atoms with van der Waals surface area (Å²) in [5, 5.41) is 2.86. The van der Waals surface area contributed by atoms with E-state index in [0.29, 0.717) is 17.8 Å². The van der Waals surface area contributed by atoms with Crippen LogP contribution in [0.15, 0.2) is 59.5 Å². The van der Waals surface area contributed by atoms with E-state index in [1.807, 2.05) is 6.07 Å². The molecule has 1 heterocycles. The first-order valence-corrected chi connectivity index (χ1v) is 10.3. The molecule has 2 N–H and O–H groups in total. The molecule has 0 spiro atoms. The van der Waals surface area contributed by atoms with E-state index in [9.17, 15) is 13.2 Å². The standard InChI is InChI=1S/C19H23N3O4S.ClH/c23-19(20-10-11-22-12-14-26-15-13-22)16-6-8-18(9-7-16)27(24,25)21-17-4-2-1-3-5-17;/h1-9,21H,10-15H2,(H,20,23);1H. The number of rotatable bonds is 7. The highest BCUT2D eigenvalue weighted by molar-refractivity contribution is 7.92. The molecule has 1 aliphatic heterocycles. The molecule has 28 heavy (non-hydrogen) atoms. The van der Waals surface area contributed by atoms with Gasteiger partial charge in [0, 0.05) is 37.4 Å². The summed E-state index contributed by atoms with van der Waals surface area (Å²) in [5.41, 5.74) is 0.915. The Bertz CT molecular complexity index is 855. The van der Waals surface area contributed by atoms with Crippen molar-refractivity contribution in [1.29, 1.82) is 0 Å². The van der Waals surface area contributed by atoms with Gasteiger partial charge in [-0.05, 0) is 36.4 Å². The maximum atomic E-state index is 12.4. The molecular weight excluding hydrogens is 402 g/mol. The Kier molecular flexibility index (Phi) is 8.25. The minimum absolute atomic E-state index is 0. The van der Waals surface area contributed by atoms with Gasteiger partial charge in [-0.15, -0.1) is 12.4 Å². The second-order valence-electron chi connectivity index (χ2n) is 6.21. The second kappa shape index (κ2) is 10.4. The number of nitrogens with one attached hydrogen (secondary N) is 2. The Balaban J connectivity index is 0.00000280. The molecule has 0 aromatic heterocycles. The van der Waals surface area contributed by atoms with Crippen molar-refractivity contribution in [3.05, 3.63) is 60.2 Å². The van der Waals surface area contributed by atoms with Crippen molar-refractivity contribution in [2.75, 3.05) is 44.1 Å². The number of nitrogens with zero attached hydrogens (tertiary/aromatic N) is 1. The molecule has 0 unspecified atom stereocenters. The van der Waals surface area contributed by atoms with Crippen molar-refractivity contribution in [3.8, 4) is 0 Å². The second-order valence-corrected chi connectivity index (χ2v) is 7.89. The third-order valence-electron chi connectivity index (χ3n) is 4.27. The Morgan fingerprint density at radius 1 is 1.00 bits per heavy atom. The predicted molar refractivity (Wildman–Crippen MR) is 111 cm³/mol. The lowest BCUT2D eigenvalue weighted by Gasteiger charge is -2.26. The van der Waals surface area contributed by atoms with Crippen LogP contribution >= 0.6 is 12.4 Å². The SMILES string of the molecule is Cl.O=C(NCCN1CCOCC1)c1ccc(S(=O)(=O)Nc2ccccc2)cc1. The fourth-order valence-electron chi connectivity index (χ4n) is 2.76. The lowest BCUT2D eigenvalue weighted by atomic mass is 10.2. The fourth-order valence-corrected chi connectivity index (χ4v) is 3.82. The van der Waals surface area contributed by atoms with Crippen LogP contribution in [0.2, 0.25) is 0 Å². The summed E-state index contributed by atoms with van der Waals surface area (Å²) in [6, 6.07) is 14.6. The topological polar surface area (TPSA) is 87.7 Å². The molecule has 2 aromatic carbocycles. The average Bonchev–Trinajstić information content (AvgIpc) is 2.69. The van der Waals surface area contributed by atoms with Crippen molar-refractivity contribution < 1.29 is 17.9 Å². The number of hydrogen-bond acceptors (Lipinski definition) is 5. The molecule has 2 aromatic rings. The Morgan fingerprint density at radius 3 is 2.29 bits per heavy atom. The summed E-state index contributed by atoms with van der Waals surface area (Å²) in [7, 11) is -3.69. The molecule has 0 saturated carbocycles. The maximum Gasteiger partial charge on any atom is 0.261 e. The number of carbonyl (C=O) groups is 1. The van der Waals surface area contributed by atoms with Crippen molar-refractivity contribution in [2.45, 2.75) is 4.90 Å². The van der Waals surface area contributed by atoms with Gasteiger partial charge in [-0.1, -0.05) is 18.2 Å². The highest BCUT2D eigenvalue weighted by Gasteiger charge is 2.15. The predicted octanol–water partition coefficient (Wildman–Crippen LogP) is 1.97. The molecule has 1 aliphatic rings. The highest BCUT2D eigenvalue weighted by atomic mass is 35.5. The smallest absolute Gasteiger partial charge is 0.261 e. The largest absolute Gasteiger partial charge is 0.379 e. The number of benzene rings is 2. The molecule has 0 aliphatic carbocycles. The number of hydrogen-bond donors (Lipinski definition) is 2. The third kappa shape index (κ3) is 6.20. The molecule has 1 amide bonds. The van der Waals surface area contributed by atoms with E-state index in [4.69, 9.17) is 4.74 Å². The molecule has 1 fully saturated rings. The van der Waals surface area contributed by atoms with Crippen LogP contribution in [0.5, 0.6) is 0 Å². The number of morpholine rings is 1. The van der Waals surface area contributed by atoms with Crippen molar-refractivity contribution in [3.63, 3.8) is 0 Å². The van der Waals surface area contributed by atoms with Crippen molar-refractivity contribution >= 4 is 34.0 Å². The van der Waals surface area contributed by atoms with Crippen LogP contribution in [0.1, 0.15) is 10.4 Å². The summed E-state index contributed by atoms with van der Waals surface area (Å²) >= 11 is 0. The minimum Gasteiger partial charge on any atom is -0.379 e. The fraction of sp³-hybridized carbons (Fsp3) is 0.316. The van der Waals surface area contributed by atoms with Gasteiger partial charge in [0.2, 0.25) is 0 Å². The summed E-state index contributed by atoms with van der Waals surface area (Å²) in [4.78, 5) is 14.6. The zero-order chi connectivity index (χ0) is 19.1. The van der Waals surface area contributed by atoms with Crippen LogP contribution in [0, 0.1) is 0 Å². The van der Waals surface area contributed by atoms with Gasteiger partial charge in [0.25, 0.3) is 15.9 Å². The maximum absolute atomic E-state index is 12.4. The van der Waals surface area contributed by atoms with E-state index in [0.717, 1.165) is 32.8 Å². The number of halogens is 1. The average molecular weight is 426 g/mol. The van der Waals surface area contributed by atoms with E-state index < -0.39 is 10.0 Å². The normalized spacial score (nSPS) is 14.7. The Hall–Kier alpha value is -2.13. The van der Waals surface area contributed by atoms with E-state index in [-0.39, 0.29) is 23.2 Å². The van der Waals surface area contributed by atoms with Gasteiger partial charge in [0.15, 0.2) is 0 Å². The molecule has 1 saturated heterocycles. The third-order valence-corrected chi connectivity index (χ3v) is 5.67. The summed E-state index contributed by atoms with van der Waals surface area (Å²) in [6.07, 6.45) is 0. The van der Waals surface area contributed by atoms with Gasteiger partial charge in [-0.3, -0.25) is 14.4 Å². The van der Waals surface area contributed by atoms with Gasteiger partial charge < -0.3 is 10.1 Å². The first-order chi connectivity index (χ1) is 13.0. The van der Waals surface area contributed by atoms with Crippen LogP contribution in [-0.2, 0) is 14.8 Å². The number of carbonyl (C=O) groups excluding carboxylic acids is 1. The quantitative estimate of drug-likeness (QED) is 0.708. The van der Waals surface area contributed by atoms with Gasteiger partial charge in [-0.2, -0.15) is 0 Å². The zero-order valence-electron chi connectivity index (χ0n) is 15.3. The lowest BCUT2D eigenvalue weighted by molar-refractivity contribution is 0.0383. The van der Waals surface area contributed by atoms with Crippen LogP contribution in [0.4, 0.5) is 5.69 Å². The Labute approximate surface area is 171 Å². The molecule has 0 radical (unpaired) electrons. The molecule has 0 bridgehead atoms. The van der Waals surface area contributed by atoms with Crippen molar-refractivity contribution in [1.82, 2.24) is 10.2 Å². The molecule has 3 rings (SSSR count). The van der Waals surface area contributed by atoms with Crippen LogP contribution < -0.4 is 10.0 Å². The molecule has 9 heteroatoms. The summed E-state index contributed by atoms with van der Waals surface area (Å²) in [6.45, 7) is 4.49. The molecule has 7 nitrogen and oxygen atoms in total. The number of amides is 1. The number of sulfonamides is 1. The summed E-state index contributed by atoms with van der Waals surface area (Å²) < 4.78 is 32.6. The van der Waals surface area contributed by atoms with Gasteiger partial charge in [0.05, 0.1) is 18.1 Å². The number of para-hydroxylation sites is 1. The molecule has 0 atom stereocenters. The number of anilines is 1. The van der Waals surface area contributed by atoms with Crippen LogP contribution in [-0.4, -0.2) is 58.6 Å². The molecular formula is C19H24ClN3O4S. The van der Waals surface area contributed by atoms with Gasteiger partial charge in [-0.25, -0.2) is 8.42 Å². The summed E-state index contributed by atoms with van der Waals surface area (Å²) in [5.74, 6) is -0.219. The first-order valence-electron chi connectivity index (χ1n) is 8.81. The lowest BCUT2D eigenvalue weighted by Crippen LogP contribution is -2.41. The molecule has 152 valence electrons. The van der Waals surface area contributed by atoms with E-state index in [1.165, 1.54) is 24.3 Å². The van der Waals surface area contributed by atoms with Gasteiger partial charge in [0.1, 0.15) is 0 Å². The van der Waals surface area contributed by atoms with Crippen LogP contribution in [0.25, 0.3) is 0 Å². The number of ether oxygens (including phenoxy) is 1. The minimum atomic E-state index is -3.69.